The van der Waals surface area contributed by atoms with Gasteiger partial charge >= 0.3 is 0 Å². The Labute approximate surface area is 129 Å². The number of aromatic hydroxyl groups is 1. The average molecular weight is 298 g/mol. The zero-order chi connectivity index (χ0) is 15.8. The van der Waals surface area contributed by atoms with E-state index < -0.39 is 0 Å². The lowest BCUT2D eigenvalue weighted by atomic mass is 10.1. The van der Waals surface area contributed by atoms with Crippen molar-refractivity contribution in [1.29, 1.82) is 0 Å². The highest BCUT2D eigenvalue weighted by atomic mass is 16.5. The molecule has 2 rings (SSSR count). The number of phenols is 1. The first-order chi connectivity index (χ1) is 10.7. The fourth-order valence-corrected chi connectivity index (χ4v) is 1.83. The standard InChI is InChI=1S/C17H18N2O3/c1-2-22-16-9-5-14(6-10-16)12-18-19-17(21)11-13-3-7-15(20)8-4-13/h3-10,12,20H,2,11H2,1H3,(H,19,21)/b18-12-. The molecule has 2 aromatic carbocycles. The quantitative estimate of drug-likeness (QED) is 0.636. The van der Waals surface area contributed by atoms with Crippen molar-refractivity contribution < 1.29 is 14.6 Å². The first-order valence-corrected chi connectivity index (χ1v) is 7.00. The molecule has 0 fully saturated rings. The number of hydrazone groups is 1. The second kappa shape index (κ2) is 7.83. The van der Waals surface area contributed by atoms with Gasteiger partial charge in [-0.1, -0.05) is 12.1 Å². The van der Waals surface area contributed by atoms with Gasteiger partial charge < -0.3 is 9.84 Å². The fourth-order valence-electron chi connectivity index (χ4n) is 1.83. The van der Waals surface area contributed by atoms with Gasteiger partial charge in [-0.15, -0.1) is 0 Å². The third kappa shape index (κ3) is 4.94. The van der Waals surface area contributed by atoms with Gasteiger partial charge in [-0.3, -0.25) is 4.79 Å². The molecule has 114 valence electrons. The van der Waals surface area contributed by atoms with Crippen LogP contribution in [-0.2, 0) is 11.2 Å². The van der Waals surface area contributed by atoms with Crippen molar-refractivity contribution in [3.8, 4) is 11.5 Å². The third-order valence-corrected chi connectivity index (χ3v) is 2.89. The van der Waals surface area contributed by atoms with Crippen molar-refractivity contribution in [2.24, 2.45) is 5.10 Å². The zero-order valence-corrected chi connectivity index (χ0v) is 12.3. The summed E-state index contributed by atoms with van der Waals surface area (Å²) in [6.07, 6.45) is 1.78. The normalized spacial score (nSPS) is 10.6. The molecule has 0 aliphatic heterocycles. The van der Waals surface area contributed by atoms with E-state index in [9.17, 15) is 9.90 Å². The highest BCUT2D eigenvalue weighted by Gasteiger charge is 2.01. The summed E-state index contributed by atoms with van der Waals surface area (Å²) in [5, 5.41) is 13.1. The molecule has 1 amide bonds. The second-order valence-corrected chi connectivity index (χ2v) is 4.64. The topological polar surface area (TPSA) is 70.9 Å². The summed E-state index contributed by atoms with van der Waals surface area (Å²) < 4.78 is 5.35. The number of nitrogens with one attached hydrogen (secondary N) is 1. The maximum absolute atomic E-state index is 11.7. The van der Waals surface area contributed by atoms with E-state index in [1.807, 2.05) is 31.2 Å². The van der Waals surface area contributed by atoms with Crippen LogP contribution < -0.4 is 10.2 Å². The maximum atomic E-state index is 11.7. The maximum Gasteiger partial charge on any atom is 0.244 e. The van der Waals surface area contributed by atoms with Gasteiger partial charge in [0.15, 0.2) is 0 Å². The SMILES string of the molecule is CCOc1ccc(/C=N\NC(=O)Cc2ccc(O)cc2)cc1. The van der Waals surface area contributed by atoms with E-state index in [4.69, 9.17) is 4.74 Å². The molecular formula is C17H18N2O3. The Kier molecular flexibility index (Phi) is 5.54. The van der Waals surface area contributed by atoms with Gasteiger partial charge in [0.25, 0.3) is 0 Å². The Balaban J connectivity index is 1.83. The van der Waals surface area contributed by atoms with Crippen LogP contribution in [0, 0.1) is 0 Å². The van der Waals surface area contributed by atoms with Crippen molar-refractivity contribution in [2.75, 3.05) is 6.61 Å². The fraction of sp³-hybridized carbons (Fsp3) is 0.176. The number of hydrogen-bond donors (Lipinski definition) is 2. The predicted molar refractivity (Wildman–Crippen MR) is 85.2 cm³/mol. The van der Waals surface area contributed by atoms with Crippen LogP contribution in [0.2, 0.25) is 0 Å². The van der Waals surface area contributed by atoms with Crippen LogP contribution in [0.15, 0.2) is 53.6 Å². The largest absolute Gasteiger partial charge is 0.508 e. The zero-order valence-electron chi connectivity index (χ0n) is 12.3. The first kappa shape index (κ1) is 15.6. The molecule has 22 heavy (non-hydrogen) atoms. The van der Waals surface area contributed by atoms with Gasteiger partial charge in [-0.05, 0) is 54.4 Å². The molecule has 0 radical (unpaired) electrons. The monoisotopic (exact) mass is 298 g/mol. The number of rotatable bonds is 6. The highest BCUT2D eigenvalue weighted by Crippen LogP contribution is 2.11. The molecule has 0 spiro atoms. The smallest absolute Gasteiger partial charge is 0.244 e. The molecule has 5 nitrogen and oxygen atoms in total. The van der Waals surface area contributed by atoms with Gasteiger partial charge in [0, 0.05) is 0 Å². The number of ether oxygens (including phenoxy) is 1. The minimum atomic E-state index is -0.215. The van der Waals surface area contributed by atoms with Crippen molar-refractivity contribution in [3.05, 3.63) is 59.7 Å². The van der Waals surface area contributed by atoms with Gasteiger partial charge in [-0.2, -0.15) is 5.10 Å². The molecule has 0 unspecified atom stereocenters. The number of amides is 1. The van der Waals surface area contributed by atoms with Crippen LogP contribution in [0.3, 0.4) is 0 Å². The number of benzene rings is 2. The summed E-state index contributed by atoms with van der Waals surface area (Å²) in [4.78, 5) is 11.7. The summed E-state index contributed by atoms with van der Waals surface area (Å²) >= 11 is 0. The van der Waals surface area contributed by atoms with E-state index in [0.717, 1.165) is 16.9 Å². The van der Waals surface area contributed by atoms with E-state index in [2.05, 4.69) is 10.5 Å². The average Bonchev–Trinajstić information content (AvgIpc) is 2.52. The molecule has 0 bridgehead atoms. The summed E-state index contributed by atoms with van der Waals surface area (Å²) in [7, 11) is 0. The van der Waals surface area contributed by atoms with E-state index in [0.29, 0.717) is 6.61 Å². The van der Waals surface area contributed by atoms with E-state index in [-0.39, 0.29) is 18.1 Å². The number of carbonyl (C=O) groups excluding carboxylic acids is 1. The molecule has 0 atom stereocenters. The van der Waals surface area contributed by atoms with Crippen molar-refractivity contribution in [3.63, 3.8) is 0 Å². The minimum absolute atomic E-state index is 0.178. The van der Waals surface area contributed by atoms with Crippen molar-refractivity contribution >= 4 is 12.1 Å². The lowest BCUT2D eigenvalue weighted by molar-refractivity contribution is -0.120. The molecular weight excluding hydrogens is 280 g/mol. The molecule has 0 aromatic heterocycles. The Morgan fingerprint density at radius 2 is 1.86 bits per heavy atom. The van der Waals surface area contributed by atoms with Gasteiger partial charge in [0.05, 0.1) is 19.2 Å². The van der Waals surface area contributed by atoms with E-state index >= 15 is 0 Å². The van der Waals surface area contributed by atoms with Gasteiger partial charge in [0.2, 0.25) is 5.91 Å². The van der Waals surface area contributed by atoms with E-state index in [1.54, 1.807) is 30.5 Å². The van der Waals surface area contributed by atoms with E-state index in [1.165, 1.54) is 0 Å². The molecule has 0 heterocycles. The second-order valence-electron chi connectivity index (χ2n) is 4.64. The molecule has 5 heteroatoms. The molecule has 2 aromatic rings. The van der Waals surface area contributed by atoms with Crippen LogP contribution in [-0.4, -0.2) is 23.8 Å². The summed E-state index contributed by atoms with van der Waals surface area (Å²) in [6, 6.07) is 13.9. The Hall–Kier alpha value is -2.82. The van der Waals surface area contributed by atoms with Crippen molar-refractivity contribution in [1.82, 2.24) is 5.43 Å². The van der Waals surface area contributed by atoms with Crippen LogP contribution in [0.1, 0.15) is 18.1 Å². The third-order valence-electron chi connectivity index (χ3n) is 2.89. The number of nitrogens with zero attached hydrogens (tertiary/aromatic N) is 1. The lowest BCUT2D eigenvalue weighted by Crippen LogP contribution is -2.19. The highest BCUT2D eigenvalue weighted by molar-refractivity contribution is 5.83. The van der Waals surface area contributed by atoms with Crippen LogP contribution >= 0.6 is 0 Å². The minimum Gasteiger partial charge on any atom is -0.508 e. The summed E-state index contributed by atoms with van der Waals surface area (Å²) in [5.41, 5.74) is 4.15. The molecule has 0 aliphatic carbocycles. The Bertz CT molecular complexity index is 634. The molecule has 0 aliphatic rings. The molecule has 2 N–H and O–H groups in total. The van der Waals surface area contributed by atoms with Crippen LogP contribution in [0.5, 0.6) is 11.5 Å². The number of hydrogen-bond acceptors (Lipinski definition) is 4. The lowest BCUT2D eigenvalue weighted by Gasteiger charge is -2.02. The van der Waals surface area contributed by atoms with Crippen LogP contribution in [0.4, 0.5) is 0 Å². The Morgan fingerprint density at radius 3 is 2.50 bits per heavy atom. The van der Waals surface area contributed by atoms with Crippen LogP contribution in [0.25, 0.3) is 0 Å². The van der Waals surface area contributed by atoms with Gasteiger partial charge in [0.1, 0.15) is 11.5 Å². The number of phenolic OH excluding ortho intramolecular Hbond substituents is 1. The molecule has 0 saturated heterocycles. The molecule has 0 saturated carbocycles. The summed E-state index contributed by atoms with van der Waals surface area (Å²) in [5.74, 6) is 0.765. The van der Waals surface area contributed by atoms with Crippen molar-refractivity contribution in [2.45, 2.75) is 13.3 Å². The first-order valence-electron chi connectivity index (χ1n) is 7.00. The summed E-state index contributed by atoms with van der Waals surface area (Å²) in [6.45, 7) is 2.56. The number of carbonyl (C=O) groups is 1. The predicted octanol–water partition coefficient (Wildman–Crippen LogP) is 2.48. The Morgan fingerprint density at radius 1 is 1.18 bits per heavy atom. The van der Waals surface area contributed by atoms with Gasteiger partial charge in [-0.25, -0.2) is 5.43 Å².